The highest BCUT2D eigenvalue weighted by Gasteiger charge is 2.36. The molecule has 0 unspecified atom stereocenters. The van der Waals surface area contributed by atoms with Gasteiger partial charge in [0.1, 0.15) is 22.9 Å². The van der Waals surface area contributed by atoms with Crippen LogP contribution in [0.25, 0.3) is 0 Å². The van der Waals surface area contributed by atoms with Gasteiger partial charge in [0.25, 0.3) is 11.8 Å². The summed E-state index contributed by atoms with van der Waals surface area (Å²) in [5.74, 6) is -10.6. The van der Waals surface area contributed by atoms with Crippen LogP contribution in [0.1, 0.15) is 105 Å². The van der Waals surface area contributed by atoms with Gasteiger partial charge in [-0.05, 0) is 45.2 Å². The van der Waals surface area contributed by atoms with Crippen molar-refractivity contribution in [2.24, 2.45) is 0 Å². The molecule has 0 atom stereocenters. The van der Waals surface area contributed by atoms with E-state index in [0.29, 0.717) is 334 Å². The SMILES string of the molecule is CCOCCCC(=O)CCOCC(COCCC(=O)CCCOCC)(COCCC(=O)CCCOCCOCCOCCOCCOCCOCCOCCOCCOCCOCCOCCOCCC(=O)Oc1c(F)c(F)cc(F)c1F)NC(=O)CCOCCOCCOCCOCCOCCOCCOCCOCCOCCOCCOCCOCCN1C(=O)c2ccccc2C1=O. The molecule has 1 aliphatic rings. The Bertz CT molecular complexity index is 3130. The predicted octanol–water partition coefficient (Wildman–Crippen LogP) is 5.82. The van der Waals surface area contributed by atoms with Crippen LogP contribution in [0.2, 0.25) is 0 Å². The molecule has 0 aliphatic carbocycles. The highest BCUT2D eigenvalue weighted by Crippen LogP contribution is 2.27. The van der Waals surface area contributed by atoms with Gasteiger partial charge < -0.3 is 147 Å². The summed E-state index contributed by atoms with van der Waals surface area (Å²) in [6, 6.07) is 6.78. The number of nitrogens with zero attached hydrogens (tertiary/aromatic N) is 1. The van der Waals surface area contributed by atoms with Gasteiger partial charge in [0.15, 0.2) is 11.6 Å². The first-order valence-electron chi connectivity index (χ1n) is 46.8. The molecule has 0 saturated carbocycles. The first-order chi connectivity index (χ1) is 66.2. The molecule has 780 valence electrons. The van der Waals surface area contributed by atoms with Crippen LogP contribution < -0.4 is 10.1 Å². The number of carbonyl (C=O) groups excluding carboxylic acids is 7. The van der Waals surface area contributed by atoms with Crippen molar-refractivity contribution in [3.63, 3.8) is 0 Å². The molecule has 0 spiro atoms. The first-order valence-corrected chi connectivity index (χ1v) is 46.8. The Kier molecular flexibility index (Phi) is 82.7. The second kappa shape index (κ2) is 90.6. The van der Waals surface area contributed by atoms with Crippen molar-refractivity contribution in [2.75, 3.05) is 390 Å². The van der Waals surface area contributed by atoms with E-state index in [0.717, 1.165) is 0 Å². The number of amides is 3. The molecule has 3 rings (SSSR count). The van der Waals surface area contributed by atoms with Gasteiger partial charge in [0.2, 0.25) is 23.3 Å². The summed E-state index contributed by atoms with van der Waals surface area (Å²) >= 11 is 0. The van der Waals surface area contributed by atoms with Crippen LogP contribution in [0.4, 0.5) is 17.6 Å². The van der Waals surface area contributed by atoms with Gasteiger partial charge >= 0.3 is 5.97 Å². The van der Waals surface area contributed by atoms with E-state index in [4.69, 9.17) is 137 Å². The van der Waals surface area contributed by atoms with Crippen molar-refractivity contribution in [2.45, 2.75) is 90.0 Å². The van der Waals surface area contributed by atoms with Crippen molar-refractivity contribution >= 4 is 41.0 Å². The lowest BCUT2D eigenvalue weighted by Gasteiger charge is -2.34. The van der Waals surface area contributed by atoms with E-state index in [2.05, 4.69) is 10.1 Å². The Morgan fingerprint density at radius 1 is 0.274 bits per heavy atom. The maximum Gasteiger partial charge on any atom is 0.313 e. The number of Topliss-reactive ketones (excluding diaryl/α,β-unsaturated/α-hetero) is 3. The van der Waals surface area contributed by atoms with Gasteiger partial charge in [-0.25, -0.2) is 8.78 Å². The average Bonchev–Trinajstić information content (AvgIpc) is 1.65. The minimum absolute atomic E-state index is 0.00705. The molecule has 2 aromatic carbocycles. The molecule has 43 heteroatoms. The number of imide groups is 1. The lowest BCUT2D eigenvalue weighted by Crippen LogP contribution is -2.59. The van der Waals surface area contributed by atoms with E-state index < -0.39 is 46.9 Å². The van der Waals surface area contributed by atoms with Crippen LogP contribution in [-0.4, -0.2) is 441 Å². The molecule has 0 fully saturated rings. The van der Waals surface area contributed by atoms with Crippen LogP contribution in [0.15, 0.2) is 30.3 Å². The second-order valence-corrected chi connectivity index (χ2v) is 29.3. The van der Waals surface area contributed by atoms with Crippen molar-refractivity contribution in [3.8, 4) is 5.75 Å². The third kappa shape index (κ3) is 71.2. The number of carbonyl (C=O) groups is 7. The van der Waals surface area contributed by atoms with E-state index in [1.165, 1.54) is 4.90 Å². The Labute approximate surface area is 791 Å². The third-order valence-electron chi connectivity index (χ3n) is 18.5. The van der Waals surface area contributed by atoms with Gasteiger partial charge in [0, 0.05) is 84.0 Å². The van der Waals surface area contributed by atoms with Crippen molar-refractivity contribution < 1.29 is 193 Å². The van der Waals surface area contributed by atoms with Crippen LogP contribution in [-0.2, 0) is 161 Å². The van der Waals surface area contributed by atoms with Crippen LogP contribution in [0.5, 0.6) is 5.75 Å². The zero-order valence-electron chi connectivity index (χ0n) is 79.4. The fourth-order valence-corrected chi connectivity index (χ4v) is 11.5. The van der Waals surface area contributed by atoms with Gasteiger partial charge in [-0.2, -0.15) is 8.78 Å². The molecule has 1 N–H and O–H groups in total. The quantitative estimate of drug-likeness (QED) is 0.0203. The van der Waals surface area contributed by atoms with Crippen molar-refractivity contribution in [1.29, 1.82) is 0 Å². The molecule has 135 heavy (non-hydrogen) atoms. The summed E-state index contributed by atoms with van der Waals surface area (Å²) in [5, 5.41) is 3.04. The van der Waals surface area contributed by atoms with E-state index in [-0.39, 0.29) is 172 Å². The van der Waals surface area contributed by atoms with Gasteiger partial charge in [-0.15, -0.1) is 0 Å². The van der Waals surface area contributed by atoms with Crippen LogP contribution >= 0.6 is 0 Å². The fourth-order valence-electron chi connectivity index (χ4n) is 11.5. The van der Waals surface area contributed by atoms with Gasteiger partial charge in [-0.3, -0.25) is 38.5 Å². The maximum absolute atomic E-state index is 13.7. The summed E-state index contributed by atoms with van der Waals surface area (Å²) in [7, 11) is 0. The maximum atomic E-state index is 13.7. The standard InChI is InChI=1S/C92H152F4N2O37/c1-3-106-21-7-10-78(99)15-24-132-75-92(76-133-25-16-79(100)11-8-22-107-4-2,97-85(102)18-27-109-31-35-113-39-43-117-47-51-121-55-59-125-63-67-129-72-73-131-69-65-127-61-57-123-53-49-119-45-41-115-37-33-111-29-20-98-90(104)81-13-5-6-14-82(81)91(98)105)77-134-26-17-80(101)12-9-23-108-30-34-112-38-42-116-46-50-120-54-58-124-62-66-128-70-71-130-68-64-126-60-56-122-52-48-118-44-40-114-36-32-110-28-19-86(103)135-89-87(95)83(93)74-84(94)88(89)96/h5-6,13-14,74H,3-4,7-12,15-73,75-77H2,1-2H3,(H,97,102). The molecule has 0 bridgehead atoms. The Hall–Kier alpha value is -5.91. The summed E-state index contributed by atoms with van der Waals surface area (Å²) in [4.78, 5) is 89.9. The number of rotatable bonds is 106. The highest BCUT2D eigenvalue weighted by molar-refractivity contribution is 6.21. The molecule has 1 heterocycles. The minimum atomic E-state index is -1.81. The van der Waals surface area contributed by atoms with Crippen LogP contribution in [0, 0.1) is 23.3 Å². The van der Waals surface area contributed by atoms with Crippen LogP contribution in [0.3, 0.4) is 0 Å². The topological polar surface area (TPSA) is 412 Å². The second-order valence-electron chi connectivity index (χ2n) is 29.3. The van der Waals surface area contributed by atoms with Gasteiger partial charge in [-0.1, -0.05) is 12.1 Å². The molecule has 2 aromatic rings. The molecule has 3 amide bonds. The summed E-state index contributed by atoms with van der Waals surface area (Å²) < 4.78 is 220. The van der Waals surface area contributed by atoms with E-state index >= 15 is 0 Å². The van der Waals surface area contributed by atoms with Gasteiger partial charge in [0.05, 0.1) is 374 Å². The lowest BCUT2D eigenvalue weighted by atomic mass is 10.0. The highest BCUT2D eigenvalue weighted by atomic mass is 19.2. The first kappa shape index (κ1) is 123. The number of fused-ring (bicyclic) bond motifs is 1. The Balaban J connectivity index is 1.11. The normalized spacial score (nSPS) is 12.2. The third-order valence-corrected chi connectivity index (χ3v) is 18.5. The average molecular weight is 1950 g/mol. The lowest BCUT2D eigenvalue weighted by molar-refractivity contribution is -0.136. The van der Waals surface area contributed by atoms with E-state index in [1.54, 1.807) is 24.3 Å². The van der Waals surface area contributed by atoms with E-state index in [9.17, 15) is 51.1 Å². The van der Waals surface area contributed by atoms with E-state index in [1.807, 2.05) is 13.8 Å². The number of benzene rings is 2. The number of esters is 1. The number of nitrogens with one attached hydrogen (secondary N) is 1. The van der Waals surface area contributed by atoms with Crippen molar-refractivity contribution in [1.82, 2.24) is 10.2 Å². The molecule has 0 saturated heterocycles. The Morgan fingerprint density at radius 2 is 0.496 bits per heavy atom. The Morgan fingerprint density at radius 3 is 0.756 bits per heavy atom. The molecule has 1 aliphatic heterocycles. The number of ketones is 3. The zero-order chi connectivity index (χ0) is 97.1. The number of hydrogen-bond acceptors (Lipinski definition) is 37. The molecule has 39 nitrogen and oxygen atoms in total. The number of hydrogen-bond donors (Lipinski definition) is 1. The molecular formula is C92H152F4N2O37. The monoisotopic (exact) mass is 1950 g/mol. The largest absolute Gasteiger partial charge is 0.420 e. The zero-order valence-corrected chi connectivity index (χ0v) is 79.4. The summed E-state index contributed by atoms with van der Waals surface area (Å²) in [6.07, 6.45) is 2.57. The predicted molar refractivity (Wildman–Crippen MR) is 475 cm³/mol. The molecule has 0 aromatic heterocycles. The number of ether oxygens (including phenoxy) is 30. The smallest absolute Gasteiger partial charge is 0.313 e. The van der Waals surface area contributed by atoms with Crippen molar-refractivity contribution in [3.05, 3.63) is 64.7 Å². The number of halogens is 4. The molecular weight excluding hydrogens is 1800 g/mol. The molecule has 0 radical (unpaired) electrons. The summed E-state index contributed by atoms with van der Waals surface area (Å²) in [5.41, 5.74) is -0.421. The summed E-state index contributed by atoms with van der Waals surface area (Å²) in [6.45, 7) is 22.8. The minimum Gasteiger partial charge on any atom is -0.420 e. The fraction of sp³-hybridized carbons (Fsp3) is 0.793.